The molecule has 0 spiro atoms. The highest BCUT2D eigenvalue weighted by atomic mass is 79.9. The van der Waals surface area contributed by atoms with Gasteiger partial charge < -0.3 is 9.42 Å². The Hall–Kier alpha value is -2.28. The first kappa shape index (κ1) is 21.0. The van der Waals surface area contributed by atoms with Crippen LogP contribution in [0, 0.1) is 11.3 Å². The number of thiophene rings is 1. The minimum absolute atomic E-state index is 0.338. The minimum atomic E-state index is -0.567. The normalized spacial score (nSPS) is 18.4. The number of fused-ring (bicyclic) bond motifs is 1. The van der Waals surface area contributed by atoms with Crippen molar-refractivity contribution in [3.63, 3.8) is 0 Å². The van der Waals surface area contributed by atoms with Gasteiger partial charge in [-0.25, -0.2) is 9.98 Å². The van der Waals surface area contributed by atoms with Gasteiger partial charge in [0.1, 0.15) is 21.9 Å². The average Bonchev–Trinajstić information content (AvgIpc) is 3.31. The SMILES string of the molecule is CN(C)C=Nc1sc2c(c1C#N)[C@@](C)(c1nc(-c3cc(Br)cc(Cl)n3)no1)CCC2. The van der Waals surface area contributed by atoms with Gasteiger partial charge in [0, 0.05) is 29.0 Å². The molecule has 0 aromatic carbocycles. The molecule has 0 bridgehead atoms. The fourth-order valence-electron chi connectivity index (χ4n) is 3.66. The Morgan fingerprint density at radius 2 is 2.20 bits per heavy atom. The van der Waals surface area contributed by atoms with E-state index in [2.05, 4.69) is 49.0 Å². The quantitative estimate of drug-likeness (QED) is 0.270. The number of halogens is 2. The van der Waals surface area contributed by atoms with Crippen molar-refractivity contribution in [2.75, 3.05) is 14.1 Å². The largest absolute Gasteiger partial charge is 0.369 e. The van der Waals surface area contributed by atoms with Crippen molar-refractivity contribution in [3.05, 3.63) is 43.7 Å². The second-order valence-electron chi connectivity index (χ2n) is 7.50. The number of hydrogen-bond acceptors (Lipinski definition) is 7. The van der Waals surface area contributed by atoms with Crippen LogP contribution in [0.1, 0.15) is 41.7 Å². The minimum Gasteiger partial charge on any atom is -0.369 e. The van der Waals surface area contributed by atoms with Crippen LogP contribution in [0.3, 0.4) is 0 Å². The van der Waals surface area contributed by atoms with Gasteiger partial charge in [0.15, 0.2) is 0 Å². The van der Waals surface area contributed by atoms with Gasteiger partial charge in [0.05, 0.1) is 17.3 Å². The number of nitrogens with zero attached hydrogens (tertiary/aromatic N) is 6. The third-order valence-corrected chi connectivity index (χ3v) is 6.81. The Bertz CT molecular complexity index is 1160. The molecular weight excluding hydrogens is 488 g/mol. The van der Waals surface area contributed by atoms with E-state index in [1.807, 2.05) is 19.0 Å². The van der Waals surface area contributed by atoms with E-state index in [4.69, 9.17) is 16.1 Å². The van der Waals surface area contributed by atoms with E-state index in [1.54, 1.807) is 29.8 Å². The highest BCUT2D eigenvalue weighted by Crippen LogP contribution is 2.50. The Balaban J connectivity index is 1.80. The monoisotopic (exact) mass is 504 g/mol. The number of aliphatic imine (C=N–C) groups is 1. The number of nitriles is 1. The molecule has 0 saturated heterocycles. The van der Waals surface area contributed by atoms with Gasteiger partial charge in [0.25, 0.3) is 0 Å². The molecule has 1 aliphatic carbocycles. The predicted molar refractivity (Wildman–Crippen MR) is 121 cm³/mol. The number of hydrogen-bond donors (Lipinski definition) is 0. The third-order valence-electron chi connectivity index (χ3n) is 5.00. The molecule has 0 saturated carbocycles. The molecule has 0 unspecified atom stereocenters. The van der Waals surface area contributed by atoms with E-state index >= 15 is 0 Å². The zero-order valence-corrected chi connectivity index (χ0v) is 19.8. The molecule has 154 valence electrons. The van der Waals surface area contributed by atoms with E-state index in [0.717, 1.165) is 34.2 Å². The van der Waals surface area contributed by atoms with E-state index in [1.165, 1.54) is 0 Å². The lowest BCUT2D eigenvalue weighted by Crippen LogP contribution is -2.29. The van der Waals surface area contributed by atoms with Crippen molar-refractivity contribution in [2.24, 2.45) is 4.99 Å². The summed E-state index contributed by atoms with van der Waals surface area (Å²) in [7, 11) is 3.80. The highest BCUT2D eigenvalue weighted by Gasteiger charge is 2.43. The summed E-state index contributed by atoms with van der Waals surface area (Å²) in [6, 6.07) is 5.84. The molecule has 7 nitrogen and oxygen atoms in total. The molecule has 0 amide bonds. The summed E-state index contributed by atoms with van der Waals surface area (Å²) in [5.74, 6) is 0.829. The topological polar surface area (TPSA) is 91.2 Å². The van der Waals surface area contributed by atoms with Gasteiger partial charge in [-0.15, -0.1) is 11.3 Å². The molecule has 0 N–H and O–H groups in total. The zero-order valence-electron chi connectivity index (χ0n) is 16.6. The average molecular weight is 506 g/mol. The van der Waals surface area contributed by atoms with Crippen molar-refractivity contribution in [3.8, 4) is 17.6 Å². The smallest absolute Gasteiger partial charge is 0.237 e. The van der Waals surface area contributed by atoms with Crippen molar-refractivity contribution in [1.82, 2.24) is 20.0 Å². The molecule has 4 rings (SSSR count). The van der Waals surface area contributed by atoms with Crippen LogP contribution in [-0.4, -0.2) is 40.5 Å². The van der Waals surface area contributed by atoms with Gasteiger partial charge in [-0.1, -0.05) is 32.7 Å². The van der Waals surface area contributed by atoms with Crippen LogP contribution >= 0.6 is 38.9 Å². The van der Waals surface area contributed by atoms with Crippen LogP contribution in [0.4, 0.5) is 5.00 Å². The first-order valence-corrected chi connectivity index (χ1v) is 11.2. The predicted octanol–water partition coefficient (Wildman–Crippen LogP) is 5.34. The van der Waals surface area contributed by atoms with Gasteiger partial charge >= 0.3 is 0 Å². The van der Waals surface area contributed by atoms with E-state index < -0.39 is 5.41 Å². The molecule has 1 aliphatic rings. The number of rotatable bonds is 4. The van der Waals surface area contributed by atoms with Crippen LogP contribution in [0.5, 0.6) is 0 Å². The number of aromatic nitrogens is 3. The summed E-state index contributed by atoms with van der Waals surface area (Å²) in [6.07, 6.45) is 4.38. The number of pyridine rings is 1. The molecule has 0 aliphatic heterocycles. The molecule has 1 atom stereocenters. The zero-order chi connectivity index (χ0) is 21.5. The Morgan fingerprint density at radius 3 is 2.90 bits per heavy atom. The van der Waals surface area contributed by atoms with E-state index in [0.29, 0.717) is 33.1 Å². The van der Waals surface area contributed by atoms with E-state index in [-0.39, 0.29) is 0 Å². The van der Waals surface area contributed by atoms with Crippen molar-refractivity contribution < 1.29 is 4.52 Å². The van der Waals surface area contributed by atoms with Crippen LogP contribution in [0.15, 0.2) is 26.1 Å². The molecule has 3 heterocycles. The van der Waals surface area contributed by atoms with Gasteiger partial charge in [-0.2, -0.15) is 10.2 Å². The maximum Gasteiger partial charge on any atom is 0.237 e. The summed E-state index contributed by atoms with van der Waals surface area (Å²) >= 11 is 11.0. The highest BCUT2D eigenvalue weighted by molar-refractivity contribution is 9.10. The van der Waals surface area contributed by atoms with Crippen LogP contribution in [-0.2, 0) is 11.8 Å². The second-order valence-corrected chi connectivity index (χ2v) is 9.89. The van der Waals surface area contributed by atoms with Crippen LogP contribution in [0.2, 0.25) is 5.15 Å². The Morgan fingerprint density at radius 1 is 1.40 bits per heavy atom. The molecule has 0 radical (unpaired) electrons. The maximum absolute atomic E-state index is 9.92. The first-order chi connectivity index (χ1) is 14.3. The van der Waals surface area contributed by atoms with Crippen LogP contribution < -0.4 is 0 Å². The lowest BCUT2D eigenvalue weighted by Gasteiger charge is -2.30. The first-order valence-electron chi connectivity index (χ1n) is 9.26. The molecule has 30 heavy (non-hydrogen) atoms. The van der Waals surface area contributed by atoms with Gasteiger partial charge in [0.2, 0.25) is 11.7 Å². The fraction of sp³-hybridized carbons (Fsp3) is 0.350. The summed E-state index contributed by atoms with van der Waals surface area (Å²) in [6.45, 7) is 2.05. The van der Waals surface area contributed by atoms with E-state index in [9.17, 15) is 5.26 Å². The molecule has 3 aromatic rings. The Labute approximate surface area is 191 Å². The van der Waals surface area contributed by atoms with Gasteiger partial charge in [-0.3, -0.25) is 0 Å². The standard InChI is InChI=1S/C20H18BrClN6OS/c1-20(19-26-17(27-29-19)13-7-11(21)8-15(22)25-13)6-4-5-14-16(20)12(9-23)18(30-14)24-10-28(2)3/h7-8,10H,4-6H2,1-3H3/t20-/m0/s1. The summed E-state index contributed by atoms with van der Waals surface area (Å²) in [4.78, 5) is 16.4. The fourth-order valence-corrected chi connectivity index (χ4v) is 5.69. The third kappa shape index (κ3) is 3.75. The molecule has 3 aromatic heterocycles. The summed E-state index contributed by atoms with van der Waals surface area (Å²) < 4.78 is 6.47. The summed E-state index contributed by atoms with van der Waals surface area (Å²) in [5.41, 5.74) is 1.48. The molecule has 10 heteroatoms. The van der Waals surface area contributed by atoms with Crippen molar-refractivity contribution >= 4 is 50.2 Å². The van der Waals surface area contributed by atoms with Crippen molar-refractivity contribution in [2.45, 2.75) is 31.6 Å². The molecule has 0 fully saturated rings. The number of aryl methyl sites for hydroxylation is 1. The van der Waals surface area contributed by atoms with Crippen LogP contribution in [0.25, 0.3) is 11.5 Å². The molecular formula is C20H18BrClN6OS. The lowest BCUT2D eigenvalue weighted by molar-refractivity contribution is 0.300. The Kier molecular flexibility index (Phi) is 5.66. The lowest BCUT2D eigenvalue weighted by atomic mass is 9.72. The van der Waals surface area contributed by atoms with Crippen molar-refractivity contribution in [1.29, 1.82) is 5.26 Å². The summed E-state index contributed by atoms with van der Waals surface area (Å²) in [5, 5.41) is 15.1. The van der Waals surface area contributed by atoms with Gasteiger partial charge in [-0.05, 0) is 38.3 Å². The second kappa shape index (κ2) is 8.10. The maximum atomic E-state index is 9.92.